The quantitative estimate of drug-likeness (QED) is 0.686. The number of benzene rings is 1. The van der Waals surface area contributed by atoms with Gasteiger partial charge in [-0.25, -0.2) is 0 Å². The Morgan fingerprint density at radius 1 is 1.32 bits per heavy atom. The summed E-state index contributed by atoms with van der Waals surface area (Å²) in [6.45, 7) is 0. The van der Waals surface area contributed by atoms with Crippen molar-refractivity contribution in [1.29, 1.82) is 0 Å². The van der Waals surface area contributed by atoms with Crippen molar-refractivity contribution >= 4 is 40.3 Å². The molecular formula is C14H13NO2S2. The molecule has 1 aliphatic carbocycles. The summed E-state index contributed by atoms with van der Waals surface area (Å²) in [5.41, 5.74) is 0.975. The van der Waals surface area contributed by atoms with Gasteiger partial charge in [-0.3, -0.25) is 4.79 Å². The number of amides is 1. The van der Waals surface area contributed by atoms with E-state index < -0.39 is 0 Å². The van der Waals surface area contributed by atoms with E-state index in [1.54, 1.807) is 0 Å². The number of thiocarbonyl (C=S) groups is 1. The van der Waals surface area contributed by atoms with Crippen molar-refractivity contribution in [2.24, 2.45) is 0 Å². The third kappa shape index (κ3) is 2.98. The van der Waals surface area contributed by atoms with E-state index in [4.69, 9.17) is 17.0 Å². The van der Waals surface area contributed by atoms with Crippen LogP contribution in [0.1, 0.15) is 24.8 Å². The van der Waals surface area contributed by atoms with Gasteiger partial charge < -0.3 is 10.1 Å². The molecular weight excluding hydrogens is 278 g/mol. The lowest BCUT2D eigenvalue weighted by molar-refractivity contribution is -0.115. The summed E-state index contributed by atoms with van der Waals surface area (Å²) < 4.78 is 6.30. The molecule has 1 aromatic rings. The average Bonchev–Trinajstić information content (AvgIpc) is 2.65. The van der Waals surface area contributed by atoms with Crippen molar-refractivity contribution in [3.05, 3.63) is 34.7 Å². The molecule has 5 heteroatoms. The predicted octanol–water partition coefficient (Wildman–Crippen LogP) is 3.11. The first-order valence-corrected chi connectivity index (χ1v) is 7.45. The number of hydrogen-bond acceptors (Lipinski definition) is 4. The van der Waals surface area contributed by atoms with E-state index in [0.717, 1.165) is 24.2 Å². The topological polar surface area (TPSA) is 38.3 Å². The monoisotopic (exact) mass is 291 g/mol. The Morgan fingerprint density at radius 3 is 2.58 bits per heavy atom. The molecule has 1 amide bonds. The highest BCUT2D eigenvalue weighted by molar-refractivity contribution is 8.26. The van der Waals surface area contributed by atoms with Gasteiger partial charge in [-0.2, -0.15) is 0 Å². The molecule has 19 heavy (non-hydrogen) atoms. The van der Waals surface area contributed by atoms with Crippen molar-refractivity contribution in [3.8, 4) is 5.75 Å². The summed E-state index contributed by atoms with van der Waals surface area (Å²) in [5.74, 6) is 0.774. The fourth-order valence-electron chi connectivity index (χ4n) is 1.90. The predicted molar refractivity (Wildman–Crippen MR) is 81.0 cm³/mol. The summed E-state index contributed by atoms with van der Waals surface area (Å²) in [5, 5.41) is 2.60. The molecule has 1 aromatic carbocycles. The molecule has 1 heterocycles. The Hall–Kier alpha value is -1.33. The van der Waals surface area contributed by atoms with Crippen LogP contribution in [0, 0.1) is 0 Å². The Labute approximate surface area is 121 Å². The molecule has 0 bridgehead atoms. The lowest BCUT2D eigenvalue weighted by atomic mass is 9.96. The van der Waals surface area contributed by atoms with Crippen LogP contribution in [0.3, 0.4) is 0 Å². The standard InChI is InChI=1S/C14H13NO2S2/c16-13-12(19-14(18)15-13)8-9-4-6-11(7-5-9)17-10-2-1-3-10/h4-8,10H,1-3H2,(H,15,16,18). The molecule has 1 aliphatic heterocycles. The van der Waals surface area contributed by atoms with Crippen molar-refractivity contribution in [2.75, 3.05) is 0 Å². The second-order valence-electron chi connectivity index (χ2n) is 4.59. The van der Waals surface area contributed by atoms with Crippen LogP contribution in [-0.4, -0.2) is 16.3 Å². The van der Waals surface area contributed by atoms with Crippen LogP contribution in [0.2, 0.25) is 0 Å². The molecule has 2 aliphatic rings. The fourth-order valence-corrected chi connectivity index (χ4v) is 2.94. The number of carbonyl (C=O) groups is 1. The number of nitrogens with one attached hydrogen (secondary N) is 1. The fraction of sp³-hybridized carbons (Fsp3) is 0.286. The molecule has 1 saturated carbocycles. The second-order valence-corrected chi connectivity index (χ2v) is 6.31. The largest absolute Gasteiger partial charge is 0.490 e. The highest BCUT2D eigenvalue weighted by atomic mass is 32.2. The average molecular weight is 291 g/mol. The maximum atomic E-state index is 11.5. The van der Waals surface area contributed by atoms with Crippen LogP contribution in [0.25, 0.3) is 6.08 Å². The summed E-state index contributed by atoms with van der Waals surface area (Å²) in [6, 6.07) is 7.80. The highest BCUT2D eigenvalue weighted by Gasteiger charge is 2.22. The van der Waals surface area contributed by atoms with E-state index in [1.165, 1.54) is 18.2 Å². The lowest BCUT2D eigenvalue weighted by Crippen LogP contribution is -2.24. The van der Waals surface area contributed by atoms with Gasteiger partial charge in [0.2, 0.25) is 0 Å². The molecule has 0 unspecified atom stereocenters. The third-order valence-corrected chi connectivity index (χ3v) is 4.34. The number of thioether (sulfide) groups is 1. The van der Waals surface area contributed by atoms with Crippen molar-refractivity contribution < 1.29 is 9.53 Å². The summed E-state index contributed by atoms with van der Waals surface area (Å²) in [7, 11) is 0. The molecule has 3 rings (SSSR count). The molecule has 1 saturated heterocycles. The second kappa shape index (κ2) is 5.35. The Bertz CT molecular complexity index is 547. The molecule has 0 atom stereocenters. The van der Waals surface area contributed by atoms with Gasteiger partial charge in [0.15, 0.2) is 0 Å². The molecule has 0 spiro atoms. The van der Waals surface area contributed by atoms with Gasteiger partial charge in [0, 0.05) is 0 Å². The minimum Gasteiger partial charge on any atom is -0.490 e. The van der Waals surface area contributed by atoms with Crippen molar-refractivity contribution in [2.45, 2.75) is 25.4 Å². The van der Waals surface area contributed by atoms with Gasteiger partial charge in [0.25, 0.3) is 5.91 Å². The van der Waals surface area contributed by atoms with Crippen LogP contribution < -0.4 is 10.1 Å². The van der Waals surface area contributed by atoms with Gasteiger partial charge in [0.1, 0.15) is 10.1 Å². The van der Waals surface area contributed by atoms with Gasteiger partial charge >= 0.3 is 0 Å². The first kappa shape index (κ1) is 12.7. The van der Waals surface area contributed by atoms with E-state index in [9.17, 15) is 4.79 Å². The van der Waals surface area contributed by atoms with E-state index in [0.29, 0.717) is 15.3 Å². The molecule has 98 valence electrons. The van der Waals surface area contributed by atoms with Gasteiger partial charge in [-0.05, 0) is 43.0 Å². The third-order valence-electron chi connectivity index (χ3n) is 3.17. The van der Waals surface area contributed by atoms with Crippen molar-refractivity contribution in [3.63, 3.8) is 0 Å². The lowest BCUT2D eigenvalue weighted by Gasteiger charge is -2.26. The molecule has 1 N–H and O–H groups in total. The number of carbonyl (C=O) groups excluding carboxylic acids is 1. The Kier molecular flexibility index (Phi) is 3.57. The van der Waals surface area contributed by atoms with E-state index in [1.807, 2.05) is 30.3 Å². The summed E-state index contributed by atoms with van der Waals surface area (Å²) in [6.07, 6.45) is 5.80. The minimum absolute atomic E-state index is 0.121. The summed E-state index contributed by atoms with van der Waals surface area (Å²) in [4.78, 5) is 12.2. The SMILES string of the molecule is O=C1NC(=S)SC1=Cc1ccc(OC2CCC2)cc1. The van der Waals surface area contributed by atoms with Crippen LogP contribution in [0.15, 0.2) is 29.2 Å². The van der Waals surface area contributed by atoms with E-state index in [-0.39, 0.29) is 5.91 Å². The Morgan fingerprint density at radius 2 is 2.05 bits per heavy atom. The normalized spacial score (nSPS) is 21.4. The number of hydrogen-bond donors (Lipinski definition) is 1. The van der Waals surface area contributed by atoms with Crippen LogP contribution in [-0.2, 0) is 4.79 Å². The molecule has 2 fully saturated rings. The first-order valence-electron chi connectivity index (χ1n) is 6.22. The highest BCUT2D eigenvalue weighted by Crippen LogP contribution is 2.28. The zero-order chi connectivity index (χ0) is 13.2. The maximum Gasteiger partial charge on any atom is 0.263 e. The van der Waals surface area contributed by atoms with Crippen LogP contribution >= 0.6 is 24.0 Å². The van der Waals surface area contributed by atoms with Gasteiger partial charge in [-0.1, -0.05) is 36.1 Å². The number of ether oxygens (including phenoxy) is 1. The molecule has 3 nitrogen and oxygen atoms in total. The van der Waals surface area contributed by atoms with Crippen LogP contribution in [0.4, 0.5) is 0 Å². The molecule has 0 radical (unpaired) electrons. The minimum atomic E-state index is -0.121. The van der Waals surface area contributed by atoms with Crippen molar-refractivity contribution in [1.82, 2.24) is 5.32 Å². The molecule has 0 aromatic heterocycles. The summed E-state index contributed by atoms with van der Waals surface area (Å²) >= 11 is 6.24. The Balaban J connectivity index is 1.70. The zero-order valence-corrected chi connectivity index (χ0v) is 11.9. The van der Waals surface area contributed by atoms with Crippen LogP contribution in [0.5, 0.6) is 5.75 Å². The van der Waals surface area contributed by atoms with E-state index in [2.05, 4.69) is 5.32 Å². The van der Waals surface area contributed by atoms with Gasteiger partial charge in [-0.15, -0.1) is 0 Å². The van der Waals surface area contributed by atoms with E-state index >= 15 is 0 Å². The first-order chi connectivity index (χ1) is 9.20. The van der Waals surface area contributed by atoms with Gasteiger partial charge in [0.05, 0.1) is 11.0 Å². The zero-order valence-electron chi connectivity index (χ0n) is 10.2. The smallest absolute Gasteiger partial charge is 0.263 e. The number of rotatable bonds is 3. The maximum absolute atomic E-state index is 11.5.